The van der Waals surface area contributed by atoms with E-state index < -0.39 is 17.9 Å². The normalized spacial score (nSPS) is 11.2. The largest absolute Gasteiger partial charge is 0.465 e. The van der Waals surface area contributed by atoms with E-state index in [1.807, 2.05) is 0 Å². The summed E-state index contributed by atoms with van der Waals surface area (Å²) in [6.45, 7) is 0. The molecule has 3 nitrogen and oxygen atoms in total. The number of Topliss-reactive ketones (excluding diaryl/α,β-unsaturated/α-hetero) is 1. The number of methoxy groups -OCH3 is 1. The fourth-order valence-corrected chi connectivity index (χ4v) is 2.61. The summed E-state index contributed by atoms with van der Waals surface area (Å²) in [6.07, 6.45) is -4.88. The van der Waals surface area contributed by atoms with Gasteiger partial charge < -0.3 is 4.74 Å². The topological polar surface area (TPSA) is 43.4 Å². The average Bonchev–Trinajstić information content (AvgIpc) is 2.94. The van der Waals surface area contributed by atoms with Crippen molar-refractivity contribution in [3.05, 3.63) is 46.8 Å². The number of benzene rings is 1. The molecule has 1 aromatic carbocycles. The summed E-state index contributed by atoms with van der Waals surface area (Å²) in [6, 6.07) is 8.76. The molecule has 110 valence electrons. The second-order valence-electron chi connectivity index (χ2n) is 4.06. The van der Waals surface area contributed by atoms with E-state index in [0.29, 0.717) is 16.0 Å². The van der Waals surface area contributed by atoms with E-state index in [-0.39, 0.29) is 4.88 Å². The summed E-state index contributed by atoms with van der Waals surface area (Å²) in [4.78, 5) is 22.5. The van der Waals surface area contributed by atoms with E-state index in [1.54, 1.807) is 12.1 Å². The summed E-state index contributed by atoms with van der Waals surface area (Å²) in [5.41, 5.74) is 0.957. The van der Waals surface area contributed by atoms with Crippen LogP contribution in [0, 0.1) is 0 Å². The molecule has 0 aliphatic rings. The van der Waals surface area contributed by atoms with E-state index in [1.165, 1.54) is 25.3 Å². The van der Waals surface area contributed by atoms with Gasteiger partial charge in [0.1, 0.15) is 0 Å². The van der Waals surface area contributed by atoms with E-state index in [4.69, 9.17) is 0 Å². The average molecular weight is 314 g/mol. The number of esters is 1. The molecule has 21 heavy (non-hydrogen) atoms. The fraction of sp³-hybridized carbons (Fsp3) is 0.143. The number of carbonyl (C=O) groups excluding carboxylic acids is 2. The number of thiophene rings is 1. The Morgan fingerprint density at radius 3 is 2.19 bits per heavy atom. The minimum Gasteiger partial charge on any atom is -0.465 e. The molecule has 1 aromatic heterocycles. The Hall–Kier alpha value is -2.15. The quantitative estimate of drug-likeness (QED) is 0.636. The number of ketones is 1. The first kappa shape index (κ1) is 15.2. The van der Waals surface area contributed by atoms with Crippen molar-refractivity contribution in [1.82, 2.24) is 0 Å². The van der Waals surface area contributed by atoms with Gasteiger partial charge in [0.15, 0.2) is 0 Å². The predicted octanol–water partition coefficient (Wildman–Crippen LogP) is 3.95. The Balaban J connectivity index is 2.26. The molecule has 0 saturated heterocycles. The van der Waals surface area contributed by atoms with Gasteiger partial charge in [0.05, 0.1) is 17.6 Å². The third-order valence-corrected chi connectivity index (χ3v) is 3.81. The highest BCUT2D eigenvalue weighted by molar-refractivity contribution is 7.17. The Kier molecular flexibility index (Phi) is 4.13. The van der Waals surface area contributed by atoms with Gasteiger partial charge in [-0.25, -0.2) is 4.79 Å². The SMILES string of the molecule is COC(=O)c1ccc(-c2ccc(C(=O)C(F)(F)F)s2)cc1. The fourth-order valence-electron chi connectivity index (χ4n) is 1.64. The van der Waals surface area contributed by atoms with E-state index in [2.05, 4.69) is 4.74 Å². The number of halogens is 3. The molecule has 0 atom stereocenters. The van der Waals surface area contributed by atoms with Crippen molar-refractivity contribution in [3.8, 4) is 10.4 Å². The third kappa shape index (κ3) is 3.30. The number of hydrogen-bond acceptors (Lipinski definition) is 4. The number of ether oxygens (including phenoxy) is 1. The summed E-state index contributed by atoms with van der Waals surface area (Å²) in [5, 5.41) is 0. The maximum Gasteiger partial charge on any atom is 0.455 e. The molecule has 2 aromatic rings. The Bertz CT molecular complexity index is 672. The van der Waals surface area contributed by atoms with Crippen molar-refractivity contribution in [2.24, 2.45) is 0 Å². The molecule has 0 unspecified atom stereocenters. The molecular formula is C14H9F3O3S. The van der Waals surface area contributed by atoms with Crippen LogP contribution in [0.4, 0.5) is 13.2 Å². The number of alkyl halides is 3. The van der Waals surface area contributed by atoms with Gasteiger partial charge in [-0.2, -0.15) is 13.2 Å². The van der Waals surface area contributed by atoms with Crippen molar-refractivity contribution in [2.45, 2.75) is 6.18 Å². The first-order valence-corrected chi connectivity index (χ1v) is 6.54. The summed E-state index contributed by atoms with van der Waals surface area (Å²) < 4.78 is 41.5. The number of rotatable bonds is 3. The minimum absolute atomic E-state index is 0.337. The molecule has 0 aliphatic carbocycles. The van der Waals surface area contributed by atoms with Gasteiger partial charge in [0, 0.05) is 4.88 Å². The maximum atomic E-state index is 12.3. The van der Waals surface area contributed by atoms with Gasteiger partial charge >= 0.3 is 12.1 Å². The first-order valence-electron chi connectivity index (χ1n) is 5.73. The van der Waals surface area contributed by atoms with Crippen LogP contribution in [0.3, 0.4) is 0 Å². The van der Waals surface area contributed by atoms with Crippen molar-refractivity contribution in [3.63, 3.8) is 0 Å². The van der Waals surface area contributed by atoms with Crippen molar-refractivity contribution in [2.75, 3.05) is 7.11 Å². The second-order valence-corrected chi connectivity index (χ2v) is 5.14. The van der Waals surface area contributed by atoms with Crippen LogP contribution in [0.15, 0.2) is 36.4 Å². The van der Waals surface area contributed by atoms with Crippen LogP contribution in [0.2, 0.25) is 0 Å². The standard InChI is InChI=1S/C14H9F3O3S/c1-20-13(19)9-4-2-8(3-5-9)10-6-7-11(21-10)12(18)14(15,16)17/h2-7H,1H3. The van der Waals surface area contributed by atoms with Gasteiger partial charge in [0.25, 0.3) is 5.78 Å². The van der Waals surface area contributed by atoms with E-state index in [9.17, 15) is 22.8 Å². The molecule has 1 heterocycles. The lowest BCUT2D eigenvalue weighted by molar-refractivity contribution is -0.0882. The Morgan fingerprint density at radius 2 is 1.67 bits per heavy atom. The van der Waals surface area contributed by atoms with Crippen LogP contribution < -0.4 is 0 Å². The summed E-state index contributed by atoms with van der Waals surface area (Å²) in [7, 11) is 1.25. The van der Waals surface area contributed by atoms with Gasteiger partial charge in [-0.3, -0.25) is 4.79 Å². The van der Waals surface area contributed by atoms with Gasteiger partial charge in [-0.05, 0) is 29.8 Å². The third-order valence-electron chi connectivity index (χ3n) is 2.68. The molecule has 0 saturated carbocycles. The highest BCUT2D eigenvalue weighted by Crippen LogP contribution is 2.32. The van der Waals surface area contributed by atoms with Gasteiger partial charge in [0.2, 0.25) is 0 Å². The molecule has 0 fully saturated rings. The number of carbonyl (C=O) groups is 2. The highest BCUT2D eigenvalue weighted by Gasteiger charge is 2.40. The van der Waals surface area contributed by atoms with Crippen molar-refractivity contribution in [1.29, 1.82) is 0 Å². The highest BCUT2D eigenvalue weighted by atomic mass is 32.1. The van der Waals surface area contributed by atoms with E-state index >= 15 is 0 Å². The van der Waals surface area contributed by atoms with Crippen LogP contribution in [0.25, 0.3) is 10.4 Å². The molecule has 0 spiro atoms. The Morgan fingerprint density at radius 1 is 1.05 bits per heavy atom. The zero-order chi connectivity index (χ0) is 15.6. The molecular weight excluding hydrogens is 305 g/mol. The summed E-state index contributed by atoms with van der Waals surface area (Å²) >= 11 is 0.755. The summed E-state index contributed by atoms with van der Waals surface area (Å²) in [5.74, 6) is -2.36. The lowest BCUT2D eigenvalue weighted by Gasteiger charge is -2.02. The first-order chi connectivity index (χ1) is 9.82. The van der Waals surface area contributed by atoms with E-state index in [0.717, 1.165) is 17.4 Å². The molecule has 7 heteroatoms. The number of hydrogen-bond donors (Lipinski definition) is 0. The van der Waals surface area contributed by atoms with Crippen LogP contribution in [-0.4, -0.2) is 25.0 Å². The van der Waals surface area contributed by atoms with Crippen molar-refractivity contribution < 1.29 is 27.5 Å². The van der Waals surface area contributed by atoms with Crippen LogP contribution in [0.5, 0.6) is 0 Å². The maximum absolute atomic E-state index is 12.3. The molecule has 0 bridgehead atoms. The lowest BCUT2D eigenvalue weighted by Crippen LogP contribution is -2.21. The molecule has 0 N–H and O–H groups in total. The zero-order valence-electron chi connectivity index (χ0n) is 10.7. The molecule has 0 radical (unpaired) electrons. The van der Waals surface area contributed by atoms with Gasteiger partial charge in [-0.1, -0.05) is 12.1 Å². The smallest absolute Gasteiger partial charge is 0.455 e. The van der Waals surface area contributed by atoms with Crippen LogP contribution >= 0.6 is 11.3 Å². The predicted molar refractivity (Wildman–Crippen MR) is 71.5 cm³/mol. The van der Waals surface area contributed by atoms with Crippen molar-refractivity contribution >= 4 is 23.1 Å². The zero-order valence-corrected chi connectivity index (χ0v) is 11.5. The molecule has 0 amide bonds. The van der Waals surface area contributed by atoms with Crippen LogP contribution in [-0.2, 0) is 4.74 Å². The lowest BCUT2D eigenvalue weighted by atomic mass is 10.1. The second kappa shape index (κ2) is 5.69. The molecule has 2 rings (SSSR count). The molecule has 0 aliphatic heterocycles. The monoisotopic (exact) mass is 314 g/mol. The Labute approximate surface area is 122 Å². The minimum atomic E-state index is -4.88. The van der Waals surface area contributed by atoms with Crippen LogP contribution in [0.1, 0.15) is 20.0 Å². The van der Waals surface area contributed by atoms with Gasteiger partial charge in [-0.15, -0.1) is 11.3 Å².